The number of ketones is 1. The maximum absolute atomic E-state index is 12.0. The molecule has 5 atom stereocenters. The van der Waals surface area contributed by atoms with Gasteiger partial charge in [0.1, 0.15) is 5.78 Å². The number of aromatic nitrogens is 1. The van der Waals surface area contributed by atoms with Gasteiger partial charge < -0.3 is 0 Å². The van der Waals surface area contributed by atoms with Crippen molar-refractivity contribution in [2.24, 2.45) is 28.6 Å². The zero-order valence-electron chi connectivity index (χ0n) is 19.7. The van der Waals surface area contributed by atoms with E-state index in [2.05, 4.69) is 31.0 Å². The first-order valence-electron chi connectivity index (χ1n) is 12.0. The number of rotatable bonds is 1. The van der Waals surface area contributed by atoms with Crippen molar-refractivity contribution < 1.29 is 10.3 Å². The molecule has 2 heteroatoms. The lowest BCUT2D eigenvalue weighted by Crippen LogP contribution is -2.49. The zero-order chi connectivity index (χ0) is 21.4. The minimum atomic E-state index is -0.289. The van der Waals surface area contributed by atoms with Gasteiger partial charge in [-0.05, 0) is 77.9 Å². The average Bonchev–Trinajstić information content (AvgIpc) is 3.04. The van der Waals surface area contributed by atoms with Crippen LogP contribution in [0.1, 0.15) is 69.8 Å². The number of fused-ring (bicyclic) bond motifs is 5. The van der Waals surface area contributed by atoms with Crippen molar-refractivity contribution in [1.29, 1.82) is 0 Å². The van der Waals surface area contributed by atoms with Gasteiger partial charge in [0.25, 0.3) is 0 Å². The van der Waals surface area contributed by atoms with Gasteiger partial charge in [0.15, 0.2) is 0 Å². The third kappa shape index (κ3) is 2.17. The molecule has 5 rings (SSSR count). The fourth-order valence-corrected chi connectivity index (χ4v) is 6.79. The maximum Gasteiger partial charge on any atom is 0.136 e. The molecule has 3 unspecified atom stereocenters. The SMILES string of the molecule is [2H]c1nc([2H])c(C2=CCC3C4CC=C5CC(=O)CC[C@]5(C)C4CC[C@]23C)c([2H])c1[2H]. The van der Waals surface area contributed by atoms with Crippen LogP contribution in [0.25, 0.3) is 5.57 Å². The molecule has 26 heavy (non-hydrogen) atoms. The van der Waals surface area contributed by atoms with Gasteiger partial charge in [0.05, 0.1) is 5.48 Å². The molecule has 0 N–H and O–H groups in total. The van der Waals surface area contributed by atoms with Crippen molar-refractivity contribution in [2.75, 3.05) is 0 Å². The van der Waals surface area contributed by atoms with Gasteiger partial charge in [-0.2, -0.15) is 0 Å². The van der Waals surface area contributed by atoms with Crippen LogP contribution in [0.3, 0.4) is 0 Å². The standard InChI is InChI=1S/C24H29NO/c1-23-11-9-18(26)14-17(23)5-6-19-21-8-7-20(16-4-3-13-25-15-16)24(21,2)12-10-22(19)23/h3-5,7,13,15,19,21-22H,6,8-12,14H2,1-2H3/t19?,21?,22?,23-,24+/m0/s1/i3D,4D,13D,15D. The Bertz CT molecular complexity index is 1010. The van der Waals surface area contributed by atoms with Crippen LogP contribution in [0.4, 0.5) is 0 Å². The van der Waals surface area contributed by atoms with E-state index in [0.29, 0.717) is 41.9 Å². The van der Waals surface area contributed by atoms with Gasteiger partial charge in [-0.1, -0.05) is 37.6 Å². The number of carbonyl (C=O) groups excluding carboxylic acids is 1. The van der Waals surface area contributed by atoms with Crippen molar-refractivity contribution in [2.45, 2.75) is 58.8 Å². The smallest absolute Gasteiger partial charge is 0.136 e. The summed E-state index contributed by atoms with van der Waals surface area (Å²) in [6.07, 6.45) is 10.5. The van der Waals surface area contributed by atoms with Gasteiger partial charge in [0, 0.05) is 25.2 Å². The average molecular weight is 352 g/mol. The predicted octanol–water partition coefficient (Wildman–Crippen LogP) is 5.61. The summed E-state index contributed by atoms with van der Waals surface area (Å²) < 4.78 is 32.6. The molecule has 0 aliphatic heterocycles. The normalized spacial score (nSPS) is 43.8. The predicted molar refractivity (Wildman–Crippen MR) is 104 cm³/mol. The van der Waals surface area contributed by atoms with E-state index >= 15 is 0 Å². The van der Waals surface area contributed by atoms with E-state index in [9.17, 15) is 4.79 Å². The summed E-state index contributed by atoms with van der Waals surface area (Å²) in [6.45, 7) is 4.65. The van der Waals surface area contributed by atoms with Crippen LogP contribution in [0.2, 0.25) is 0 Å². The highest BCUT2D eigenvalue weighted by atomic mass is 16.1. The van der Waals surface area contributed by atoms with Crippen LogP contribution < -0.4 is 0 Å². The molecule has 2 fully saturated rings. The lowest BCUT2D eigenvalue weighted by Gasteiger charge is -2.57. The van der Waals surface area contributed by atoms with Gasteiger partial charge >= 0.3 is 0 Å². The van der Waals surface area contributed by atoms with E-state index in [4.69, 9.17) is 5.48 Å². The maximum atomic E-state index is 12.0. The number of pyridine rings is 1. The molecule has 0 radical (unpaired) electrons. The van der Waals surface area contributed by atoms with Crippen LogP contribution in [0, 0.1) is 28.6 Å². The first kappa shape index (κ1) is 12.6. The van der Waals surface area contributed by atoms with E-state index in [1.165, 1.54) is 5.57 Å². The van der Waals surface area contributed by atoms with Crippen LogP contribution >= 0.6 is 0 Å². The lowest BCUT2D eigenvalue weighted by molar-refractivity contribution is -0.122. The van der Waals surface area contributed by atoms with Crippen LogP contribution in [-0.4, -0.2) is 10.8 Å². The number of hydrogen-bond acceptors (Lipinski definition) is 2. The largest absolute Gasteiger partial charge is 0.299 e. The molecule has 4 aliphatic carbocycles. The molecule has 0 aromatic carbocycles. The minimum absolute atomic E-state index is 0.0289. The van der Waals surface area contributed by atoms with Gasteiger partial charge in [-0.3, -0.25) is 9.78 Å². The Balaban J connectivity index is 1.52. The van der Waals surface area contributed by atoms with Crippen LogP contribution in [-0.2, 0) is 4.79 Å². The molecule has 0 amide bonds. The van der Waals surface area contributed by atoms with Crippen molar-refractivity contribution in [3.05, 3.63) is 47.7 Å². The summed E-state index contributed by atoms with van der Waals surface area (Å²) in [4.78, 5) is 16.0. The number of carbonyl (C=O) groups is 1. The second kappa shape index (κ2) is 5.65. The Hall–Kier alpha value is -1.70. The summed E-state index contributed by atoms with van der Waals surface area (Å²) in [5.41, 5.74) is 2.83. The summed E-state index contributed by atoms with van der Waals surface area (Å²) in [5, 5.41) is 0. The van der Waals surface area contributed by atoms with E-state index in [1.807, 2.05) is 0 Å². The fourth-order valence-electron chi connectivity index (χ4n) is 6.79. The first-order chi connectivity index (χ1) is 14.2. The van der Waals surface area contributed by atoms with E-state index < -0.39 is 0 Å². The molecule has 4 aliphatic rings. The molecule has 2 nitrogen and oxygen atoms in total. The molecule has 0 saturated heterocycles. The van der Waals surface area contributed by atoms with Crippen LogP contribution in [0.5, 0.6) is 0 Å². The number of allylic oxidation sites excluding steroid dienone is 4. The summed E-state index contributed by atoms with van der Waals surface area (Å²) in [5.74, 6) is 1.96. The highest BCUT2D eigenvalue weighted by Gasteiger charge is 2.56. The van der Waals surface area contributed by atoms with E-state index in [-0.39, 0.29) is 35.3 Å². The molecule has 1 aromatic rings. The van der Waals surface area contributed by atoms with Crippen molar-refractivity contribution >= 4 is 11.4 Å². The second-order valence-corrected chi connectivity index (χ2v) is 9.24. The third-order valence-corrected chi connectivity index (χ3v) is 8.25. The summed E-state index contributed by atoms with van der Waals surface area (Å²) in [6, 6.07) is -0.217. The Morgan fingerprint density at radius 2 is 2.04 bits per heavy atom. The Labute approximate surface area is 162 Å². The van der Waals surface area contributed by atoms with Gasteiger partial charge in [-0.25, -0.2) is 0 Å². The summed E-state index contributed by atoms with van der Waals surface area (Å²) >= 11 is 0. The molecular formula is C24H29NO. The number of Topliss-reactive ketones (excluding diaryl/α,β-unsaturated/α-hetero) is 1. The number of nitrogens with zero attached hydrogens (tertiary/aromatic N) is 1. The lowest BCUT2D eigenvalue weighted by atomic mass is 9.47. The van der Waals surface area contributed by atoms with Crippen molar-refractivity contribution in [1.82, 2.24) is 4.98 Å². The highest BCUT2D eigenvalue weighted by molar-refractivity contribution is 5.82. The molecule has 0 bridgehead atoms. The Kier molecular flexibility index (Phi) is 2.75. The third-order valence-electron chi connectivity index (χ3n) is 8.25. The fraction of sp³-hybridized carbons (Fsp3) is 0.583. The Morgan fingerprint density at radius 1 is 1.15 bits per heavy atom. The molecule has 1 heterocycles. The quantitative estimate of drug-likeness (QED) is 0.616. The van der Waals surface area contributed by atoms with E-state index in [0.717, 1.165) is 37.7 Å². The molecular weight excluding hydrogens is 318 g/mol. The van der Waals surface area contributed by atoms with Gasteiger partial charge in [0.2, 0.25) is 0 Å². The van der Waals surface area contributed by atoms with Crippen molar-refractivity contribution in [3.63, 3.8) is 0 Å². The van der Waals surface area contributed by atoms with Gasteiger partial charge in [-0.15, -0.1) is 0 Å². The van der Waals surface area contributed by atoms with Crippen LogP contribution in [0.15, 0.2) is 42.2 Å². The van der Waals surface area contributed by atoms with Crippen molar-refractivity contribution in [3.8, 4) is 0 Å². The molecule has 1 aromatic heterocycles. The monoisotopic (exact) mass is 351 g/mol. The zero-order valence-corrected chi connectivity index (χ0v) is 15.7. The summed E-state index contributed by atoms with van der Waals surface area (Å²) in [7, 11) is 0. The highest BCUT2D eigenvalue weighted by Crippen LogP contribution is 2.66. The minimum Gasteiger partial charge on any atom is -0.299 e. The number of hydrogen-bond donors (Lipinski definition) is 0. The second-order valence-electron chi connectivity index (χ2n) is 9.24. The Morgan fingerprint density at radius 3 is 2.92 bits per heavy atom. The molecule has 2 saturated carbocycles. The molecule has 0 spiro atoms. The molecule has 136 valence electrons. The topological polar surface area (TPSA) is 30.0 Å². The van der Waals surface area contributed by atoms with E-state index in [1.54, 1.807) is 0 Å². The first-order valence-corrected chi connectivity index (χ1v) is 10.0.